The molecule has 0 aliphatic heterocycles. The number of rotatable bonds is 4. The molecule has 0 saturated heterocycles. The van der Waals surface area contributed by atoms with Gasteiger partial charge in [-0.2, -0.15) is 13.2 Å². The molecule has 1 aromatic rings. The van der Waals surface area contributed by atoms with Crippen LogP contribution in [0, 0.1) is 0 Å². The number of anilines is 1. The smallest absolute Gasteiger partial charge is 0.399 e. The largest absolute Gasteiger partial charge is 0.406 e. The number of carbonyl (C=O) groups excluding carboxylic acids is 1. The van der Waals surface area contributed by atoms with Crippen molar-refractivity contribution in [3.63, 3.8) is 0 Å². The van der Waals surface area contributed by atoms with E-state index in [0.717, 1.165) is 24.5 Å². The van der Waals surface area contributed by atoms with E-state index in [1.165, 1.54) is 6.92 Å². The summed E-state index contributed by atoms with van der Waals surface area (Å²) in [5, 5.41) is 0. The first-order chi connectivity index (χ1) is 9.44. The second-order valence-corrected chi connectivity index (χ2v) is 6.51. The molecule has 0 radical (unpaired) electrons. The maximum atomic E-state index is 12.4. The average molecular weight is 324 g/mol. The van der Waals surface area contributed by atoms with Crippen LogP contribution in [-0.4, -0.2) is 44.7 Å². The highest BCUT2D eigenvalue weighted by molar-refractivity contribution is 7.90. The summed E-state index contributed by atoms with van der Waals surface area (Å²) in [4.78, 5) is 12.4. The third-order valence-corrected chi connectivity index (χ3v) is 3.74. The summed E-state index contributed by atoms with van der Waals surface area (Å²) in [5.74, 6) is -0.924. The van der Waals surface area contributed by atoms with Gasteiger partial charge in [-0.3, -0.25) is 4.79 Å². The number of nitrogens with zero attached hydrogens (tertiary/aromatic N) is 1. The predicted octanol–water partition coefficient (Wildman–Crippen LogP) is 1.70. The Morgan fingerprint density at radius 2 is 1.86 bits per heavy atom. The topological polar surface area (TPSA) is 80.5 Å². The second-order valence-electron chi connectivity index (χ2n) is 4.50. The number of nitrogen functional groups attached to an aromatic ring is 1. The molecule has 5 nitrogen and oxygen atoms in total. The van der Waals surface area contributed by atoms with Gasteiger partial charge in [0.15, 0.2) is 9.84 Å². The van der Waals surface area contributed by atoms with Crippen LogP contribution in [0.25, 0.3) is 0 Å². The summed E-state index contributed by atoms with van der Waals surface area (Å²) in [6.07, 6.45) is -3.62. The highest BCUT2D eigenvalue weighted by Gasteiger charge is 2.32. The predicted molar refractivity (Wildman–Crippen MR) is 71.6 cm³/mol. The fourth-order valence-corrected chi connectivity index (χ4v) is 2.38. The average Bonchev–Trinajstić information content (AvgIpc) is 2.32. The van der Waals surface area contributed by atoms with Crippen molar-refractivity contribution >= 4 is 21.4 Å². The molecule has 118 valence electrons. The molecule has 0 fully saturated rings. The Labute approximate surface area is 120 Å². The first-order valence-electron chi connectivity index (χ1n) is 5.90. The molecule has 1 amide bonds. The van der Waals surface area contributed by atoms with Crippen LogP contribution in [0.15, 0.2) is 23.1 Å². The van der Waals surface area contributed by atoms with Gasteiger partial charge in [-0.25, -0.2) is 8.42 Å². The summed E-state index contributed by atoms with van der Waals surface area (Å²) >= 11 is 0. The molecule has 0 saturated carbocycles. The lowest BCUT2D eigenvalue weighted by Gasteiger charge is -2.22. The molecule has 2 N–H and O–H groups in total. The number of benzene rings is 1. The molecule has 0 spiro atoms. The van der Waals surface area contributed by atoms with E-state index in [4.69, 9.17) is 5.73 Å². The van der Waals surface area contributed by atoms with Crippen LogP contribution in [0.5, 0.6) is 0 Å². The third kappa shape index (κ3) is 4.92. The highest BCUT2D eigenvalue weighted by Crippen LogP contribution is 2.21. The van der Waals surface area contributed by atoms with Crippen molar-refractivity contribution in [3.8, 4) is 0 Å². The van der Waals surface area contributed by atoms with Crippen molar-refractivity contribution in [2.24, 2.45) is 0 Å². The van der Waals surface area contributed by atoms with Gasteiger partial charge in [0.2, 0.25) is 0 Å². The zero-order valence-electron chi connectivity index (χ0n) is 11.4. The van der Waals surface area contributed by atoms with Crippen LogP contribution in [0.4, 0.5) is 18.9 Å². The van der Waals surface area contributed by atoms with E-state index in [-0.39, 0.29) is 22.7 Å². The Morgan fingerprint density at radius 3 is 2.29 bits per heavy atom. The summed E-state index contributed by atoms with van der Waals surface area (Å²) in [6, 6.07) is 3.31. The van der Waals surface area contributed by atoms with E-state index in [1.54, 1.807) is 0 Å². The van der Waals surface area contributed by atoms with E-state index >= 15 is 0 Å². The number of amides is 1. The minimum absolute atomic E-state index is 0.00987. The molecule has 21 heavy (non-hydrogen) atoms. The fraction of sp³-hybridized carbons (Fsp3) is 0.417. The van der Waals surface area contributed by atoms with Crippen molar-refractivity contribution in [2.75, 3.05) is 25.1 Å². The molecule has 0 aromatic heterocycles. The lowest BCUT2D eigenvalue weighted by atomic mass is 10.1. The van der Waals surface area contributed by atoms with Gasteiger partial charge in [-0.05, 0) is 25.1 Å². The number of carbonyl (C=O) groups is 1. The van der Waals surface area contributed by atoms with Crippen LogP contribution < -0.4 is 5.73 Å². The minimum Gasteiger partial charge on any atom is -0.399 e. The zero-order valence-corrected chi connectivity index (χ0v) is 12.3. The molecular formula is C12H15F3N2O3S. The Kier molecular flexibility index (Phi) is 4.87. The number of nitrogens with two attached hydrogens (primary N) is 1. The van der Waals surface area contributed by atoms with Crippen LogP contribution in [0.2, 0.25) is 0 Å². The van der Waals surface area contributed by atoms with E-state index in [1.807, 2.05) is 0 Å². The maximum absolute atomic E-state index is 12.4. The van der Waals surface area contributed by atoms with Gasteiger partial charge in [0.05, 0.1) is 4.90 Å². The van der Waals surface area contributed by atoms with Gasteiger partial charge in [0.1, 0.15) is 6.54 Å². The Morgan fingerprint density at radius 1 is 1.29 bits per heavy atom. The Hall–Kier alpha value is -1.77. The first-order valence-corrected chi connectivity index (χ1v) is 7.80. The molecule has 0 heterocycles. The van der Waals surface area contributed by atoms with Crippen molar-refractivity contribution < 1.29 is 26.4 Å². The van der Waals surface area contributed by atoms with Gasteiger partial charge in [-0.1, -0.05) is 0 Å². The van der Waals surface area contributed by atoms with Crippen LogP contribution in [0.1, 0.15) is 17.3 Å². The van der Waals surface area contributed by atoms with Crippen molar-refractivity contribution in [1.29, 1.82) is 0 Å². The minimum atomic E-state index is -4.54. The van der Waals surface area contributed by atoms with Gasteiger partial charge >= 0.3 is 6.18 Å². The molecule has 0 aliphatic rings. The molecule has 9 heteroatoms. The zero-order chi connectivity index (χ0) is 16.4. The number of sulfone groups is 1. The Bertz CT molecular complexity index is 642. The summed E-state index contributed by atoms with van der Waals surface area (Å²) in [7, 11) is -3.62. The molecule has 0 unspecified atom stereocenters. The SMILES string of the molecule is CCN(CC(F)(F)F)C(=O)c1cc(N)cc(S(C)(=O)=O)c1. The summed E-state index contributed by atoms with van der Waals surface area (Å²) in [5.41, 5.74) is 5.30. The van der Waals surface area contributed by atoms with Crippen LogP contribution >= 0.6 is 0 Å². The number of alkyl halides is 3. The summed E-state index contributed by atoms with van der Waals surface area (Å²) in [6.45, 7) is -0.180. The number of hydrogen-bond acceptors (Lipinski definition) is 4. The van der Waals surface area contributed by atoms with Crippen molar-refractivity contribution in [1.82, 2.24) is 4.90 Å². The molecule has 0 aliphatic carbocycles. The molecule has 1 rings (SSSR count). The van der Waals surface area contributed by atoms with E-state index < -0.39 is 28.5 Å². The summed E-state index contributed by atoms with van der Waals surface area (Å²) < 4.78 is 60.1. The highest BCUT2D eigenvalue weighted by atomic mass is 32.2. The molecule has 0 atom stereocenters. The molecular weight excluding hydrogens is 309 g/mol. The third-order valence-electron chi connectivity index (χ3n) is 2.64. The number of hydrogen-bond donors (Lipinski definition) is 1. The van der Waals surface area contributed by atoms with Crippen LogP contribution in [-0.2, 0) is 9.84 Å². The molecule has 0 bridgehead atoms. The lowest BCUT2D eigenvalue weighted by Crippen LogP contribution is -2.38. The van der Waals surface area contributed by atoms with Gasteiger partial charge in [0.25, 0.3) is 5.91 Å². The maximum Gasteiger partial charge on any atom is 0.406 e. The first kappa shape index (κ1) is 17.3. The van der Waals surface area contributed by atoms with Crippen molar-refractivity contribution in [3.05, 3.63) is 23.8 Å². The lowest BCUT2D eigenvalue weighted by molar-refractivity contribution is -0.140. The number of halogens is 3. The van der Waals surface area contributed by atoms with Gasteiger partial charge in [0, 0.05) is 24.1 Å². The van der Waals surface area contributed by atoms with Crippen molar-refractivity contribution in [2.45, 2.75) is 18.0 Å². The van der Waals surface area contributed by atoms with Crippen LogP contribution in [0.3, 0.4) is 0 Å². The molecule has 1 aromatic carbocycles. The quantitative estimate of drug-likeness (QED) is 0.855. The standard InChI is InChI=1S/C12H15F3N2O3S/c1-3-17(7-12(13,14)15)11(18)8-4-9(16)6-10(5-8)21(2,19)20/h4-6H,3,7,16H2,1-2H3. The van der Waals surface area contributed by atoms with E-state index in [9.17, 15) is 26.4 Å². The van der Waals surface area contributed by atoms with Gasteiger partial charge in [-0.15, -0.1) is 0 Å². The Balaban J connectivity index is 3.20. The van der Waals surface area contributed by atoms with E-state index in [0.29, 0.717) is 4.90 Å². The second kappa shape index (κ2) is 5.92. The monoisotopic (exact) mass is 324 g/mol. The van der Waals surface area contributed by atoms with E-state index in [2.05, 4.69) is 0 Å². The fourth-order valence-electron chi connectivity index (χ4n) is 1.69. The van der Waals surface area contributed by atoms with Gasteiger partial charge < -0.3 is 10.6 Å². The normalized spacial score (nSPS) is 12.2.